The molecule has 1 rings (SSSR count). The largest absolute Gasteiger partial charge is 0.384 e. The van der Waals surface area contributed by atoms with Gasteiger partial charge in [-0.15, -0.1) is 0 Å². The monoisotopic (exact) mass is 278 g/mol. The first-order valence-corrected chi connectivity index (χ1v) is 8.38. The van der Waals surface area contributed by atoms with Crippen LogP contribution in [0.4, 0.5) is 0 Å². The van der Waals surface area contributed by atoms with E-state index in [-0.39, 0.29) is 11.7 Å². The molecular formula is C12H26N2O3S. The van der Waals surface area contributed by atoms with Crippen molar-refractivity contribution in [2.75, 3.05) is 32.6 Å². The molecule has 0 aromatic carbocycles. The van der Waals surface area contributed by atoms with Crippen LogP contribution in [0.3, 0.4) is 0 Å². The summed E-state index contributed by atoms with van der Waals surface area (Å²) in [5, 5.41) is 3.36. The van der Waals surface area contributed by atoms with Gasteiger partial charge in [-0.05, 0) is 31.7 Å². The molecule has 2 N–H and O–H groups in total. The molecule has 0 bridgehead atoms. The molecule has 18 heavy (non-hydrogen) atoms. The maximum atomic E-state index is 11.8. The Bertz CT molecular complexity index is 313. The summed E-state index contributed by atoms with van der Waals surface area (Å²) in [6.07, 6.45) is 4.20. The highest BCUT2D eigenvalue weighted by molar-refractivity contribution is 7.89. The van der Waals surface area contributed by atoms with Gasteiger partial charge >= 0.3 is 0 Å². The van der Waals surface area contributed by atoms with Crippen molar-refractivity contribution in [2.24, 2.45) is 5.92 Å². The van der Waals surface area contributed by atoms with E-state index in [4.69, 9.17) is 4.74 Å². The van der Waals surface area contributed by atoms with Crippen LogP contribution in [0, 0.1) is 5.92 Å². The normalized spacial score (nSPS) is 22.9. The molecule has 1 aliphatic heterocycles. The summed E-state index contributed by atoms with van der Waals surface area (Å²) >= 11 is 0. The van der Waals surface area contributed by atoms with Crippen molar-refractivity contribution in [1.29, 1.82) is 0 Å². The van der Waals surface area contributed by atoms with Gasteiger partial charge in [0.1, 0.15) is 0 Å². The molecule has 0 aromatic heterocycles. The van der Waals surface area contributed by atoms with Gasteiger partial charge in [0, 0.05) is 26.3 Å². The van der Waals surface area contributed by atoms with Crippen LogP contribution >= 0.6 is 0 Å². The van der Waals surface area contributed by atoms with Crippen LogP contribution in [0.15, 0.2) is 0 Å². The molecule has 0 amide bonds. The Morgan fingerprint density at radius 2 is 2.22 bits per heavy atom. The molecule has 2 unspecified atom stereocenters. The molecule has 6 heteroatoms. The highest BCUT2D eigenvalue weighted by Gasteiger charge is 2.17. The number of nitrogens with one attached hydrogen (secondary N) is 2. The summed E-state index contributed by atoms with van der Waals surface area (Å²) in [4.78, 5) is 0. The Kier molecular flexibility index (Phi) is 7.14. The molecule has 0 spiro atoms. The van der Waals surface area contributed by atoms with E-state index in [9.17, 15) is 8.42 Å². The Hall–Kier alpha value is -0.170. The first-order valence-electron chi connectivity index (χ1n) is 6.73. The number of sulfonamides is 1. The van der Waals surface area contributed by atoms with Crippen molar-refractivity contribution in [2.45, 2.75) is 38.6 Å². The van der Waals surface area contributed by atoms with Crippen molar-refractivity contribution in [3.63, 3.8) is 0 Å². The molecule has 0 radical (unpaired) electrons. The molecule has 2 atom stereocenters. The van der Waals surface area contributed by atoms with Crippen LogP contribution in [-0.4, -0.2) is 47.0 Å². The van der Waals surface area contributed by atoms with Crippen molar-refractivity contribution >= 4 is 10.0 Å². The van der Waals surface area contributed by atoms with E-state index in [0.29, 0.717) is 25.6 Å². The van der Waals surface area contributed by atoms with E-state index in [0.717, 1.165) is 13.0 Å². The highest BCUT2D eigenvalue weighted by Crippen LogP contribution is 2.10. The number of methoxy groups -OCH3 is 1. The fourth-order valence-corrected chi connectivity index (χ4v) is 3.43. The van der Waals surface area contributed by atoms with Crippen LogP contribution < -0.4 is 10.0 Å². The van der Waals surface area contributed by atoms with Gasteiger partial charge in [-0.3, -0.25) is 0 Å². The second-order valence-corrected chi connectivity index (χ2v) is 7.09. The molecule has 108 valence electrons. The third kappa shape index (κ3) is 6.68. The quantitative estimate of drug-likeness (QED) is 0.686. The fourth-order valence-electron chi connectivity index (χ4n) is 2.15. The van der Waals surface area contributed by atoms with Crippen molar-refractivity contribution in [3.8, 4) is 0 Å². The maximum Gasteiger partial charge on any atom is 0.211 e. The van der Waals surface area contributed by atoms with Gasteiger partial charge in [-0.2, -0.15) is 0 Å². The lowest BCUT2D eigenvalue weighted by Gasteiger charge is -2.23. The summed E-state index contributed by atoms with van der Waals surface area (Å²) in [6.45, 7) is 4.01. The van der Waals surface area contributed by atoms with Crippen LogP contribution in [0.2, 0.25) is 0 Å². The number of ether oxygens (including phenoxy) is 1. The zero-order chi connectivity index (χ0) is 13.4. The maximum absolute atomic E-state index is 11.8. The average molecular weight is 278 g/mol. The van der Waals surface area contributed by atoms with Crippen LogP contribution in [0.1, 0.15) is 32.6 Å². The van der Waals surface area contributed by atoms with Gasteiger partial charge in [0.05, 0.1) is 5.75 Å². The molecular weight excluding hydrogens is 252 g/mol. The zero-order valence-corrected chi connectivity index (χ0v) is 12.3. The second kappa shape index (κ2) is 8.09. The predicted octanol–water partition coefficient (Wildman–Crippen LogP) is 0.721. The Labute approximate surface area is 111 Å². The van der Waals surface area contributed by atoms with Crippen LogP contribution in [-0.2, 0) is 14.8 Å². The van der Waals surface area contributed by atoms with Gasteiger partial charge in [0.25, 0.3) is 0 Å². The predicted molar refractivity (Wildman–Crippen MR) is 73.1 cm³/mol. The number of hydrogen-bond acceptors (Lipinski definition) is 4. The van der Waals surface area contributed by atoms with E-state index in [1.165, 1.54) is 12.8 Å². The fraction of sp³-hybridized carbons (Fsp3) is 1.00. The minimum absolute atomic E-state index is 0.206. The van der Waals surface area contributed by atoms with E-state index in [1.807, 2.05) is 6.92 Å². The number of piperidine rings is 1. The molecule has 1 heterocycles. The topological polar surface area (TPSA) is 67.4 Å². The zero-order valence-electron chi connectivity index (χ0n) is 11.4. The van der Waals surface area contributed by atoms with E-state index < -0.39 is 10.0 Å². The third-order valence-electron chi connectivity index (χ3n) is 3.25. The van der Waals surface area contributed by atoms with Gasteiger partial charge in [-0.1, -0.05) is 13.3 Å². The summed E-state index contributed by atoms with van der Waals surface area (Å²) in [5.41, 5.74) is 0. The van der Waals surface area contributed by atoms with Crippen LogP contribution in [0.25, 0.3) is 0 Å². The number of hydrogen-bond donors (Lipinski definition) is 2. The molecule has 1 saturated heterocycles. The smallest absolute Gasteiger partial charge is 0.211 e. The molecule has 1 fully saturated rings. The lowest BCUT2D eigenvalue weighted by Crippen LogP contribution is -2.38. The Morgan fingerprint density at radius 1 is 1.44 bits per heavy atom. The average Bonchev–Trinajstić information content (AvgIpc) is 2.36. The first-order chi connectivity index (χ1) is 8.53. The minimum Gasteiger partial charge on any atom is -0.384 e. The summed E-state index contributed by atoms with van der Waals surface area (Å²) in [6, 6.07) is 0.367. The van der Waals surface area contributed by atoms with Crippen molar-refractivity contribution in [1.82, 2.24) is 10.0 Å². The highest BCUT2D eigenvalue weighted by atomic mass is 32.2. The van der Waals surface area contributed by atoms with Crippen molar-refractivity contribution < 1.29 is 13.2 Å². The van der Waals surface area contributed by atoms with Crippen molar-refractivity contribution in [3.05, 3.63) is 0 Å². The Balaban J connectivity index is 2.22. The van der Waals surface area contributed by atoms with E-state index in [1.54, 1.807) is 7.11 Å². The molecule has 0 saturated carbocycles. The second-order valence-electron chi connectivity index (χ2n) is 5.16. The Morgan fingerprint density at radius 3 is 2.83 bits per heavy atom. The SMILES string of the molecule is COCC(C)CNS(=O)(=O)CCC1CCCCN1. The molecule has 0 aliphatic carbocycles. The lowest BCUT2D eigenvalue weighted by atomic mass is 10.0. The first kappa shape index (κ1) is 15.9. The summed E-state index contributed by atoms with van der Waals surface area (Å²) in [7, 11) is -1.52. The van der Waals surface area contributed by atoms with Gasteiger partial charge in [-0.25, -0.2) is 13.1 Å². The molecule has 5 nitrogen and oxygen atoms in total. The standard InChI is InChI=1S/C12H26N2O3S/c1-11(10-17-2)9-14-18(15,16)8-6-12-5-3-4-7-13-12/h11-14H,3-10H2,1-2H3. The minimum atomic E-state index is -3.14. The lowest BCUT2D eigenvalue weighted by molar-refractivity contribution is 0.161. The van der Waals surface area contributed by atoms with Gasteiger partial charge < -0.3 is 10.1 Å². The van der Waals surface area contributed by atoms with Gasteiger partial charge in [0.15, 0.2) is 0 Å². The number of rotatable bonds is 8. The van der Waals surface area contributed by atoms with E-state index >= 15 is 0 Å². The molecule has 1 aliphatic rings. The van der Waals surface area contributed by atoms with Crippen LogP contribution in [0.5, 0.6) is 0 Å². The van der Waals surface area contributed by atoms with Gasteiger partial charge in [0.2, 0.25) is 10.0 Å². The molecule has 0 aromatic rings. The van der Waals surface area contributed by atoms with E-state index in [2.05, 4.69) is 10.0 Å². The summed E-state index contributed by atoms with van der Waals surface area (Å²) in [5.74, 6) is 0.419. The summed E-state index contributed by atoms with van der Waals surface area (Å²) < 4.78 is 31.2. The third-order valence-corrected chi connectivity index (χ3v) is 4.63.